The zero-order valence-electron chi connectivity index (χ0n) is 10.7. The van der Waals surface area contributed by atoms with Gasteiger partial charge in [-0.2, -0.15) is 4.98 Å². The van der Waals surface area contributed by atoms with Gasteiger partial charge in [-0.1, -0.05) is 28.9 Å². The second-order valence-electron chi connectivity index (χ2n) is 4.86. The van der Waals surface area contributed by atoms with Crippen LogP contribution in [-0.2, 0) is 11.2 Å². The lowest BCUT2D eigenvalue weighted by Crippen LogP contribution is -2.01. The average molecular weight is 279 g/mol. The summed E-state index contributed by atoms with van der Waals surface area (Å²) in [5, 5.41) is 4.73. The van der Waals surface area contributed by atoms with E-state index in [2.05, 4.69) is 17.1 Å². The minimum absolute atomic E-state index is 0.0403. The van der Waals surface area contributed by atoms with Gasteiger partial charge in [-0.15, -0.1) is 0 Å². The molecule has 0 N–H and O–H groups in total. The molecular weight excluding hydrogens is 264 g/mol. The summed E-state index contributed by atoms with van der Waals surface area (Å²) in [6, 6.07) is 7.65. The third kappa shape index (κ3) is 2.96. The number of aromatic nitrogens is 2. The highest BCUT2D eigenvalue weighted by molar-refractivity contribution is 6.30. The van der Waals surface area contributed by atoms with Crippen LogP contribution in [0.15, 0.2) is 28.8 Å². The largest absolute Gasteiger partial charge is 0.365 e. The molecule has 19 heavy (non-hydrogen) atoms. The van der Waals surface area contributed by atoms with E-state index in [1.54, 1.807) is 0 Å². The lowest BCUT2D eigenvalue weighted by Gasteiger charge is -2.04. The average Bonchev–Trinajstić information content (AvgIpc) is 3.01. The van der Waals surface area contributed by atoms with Gasteiger partial charge in [0.1, 0.15) is 6.10 Å². The molecule has 1 fully saturated rings. The summed E-state index contributed by atoms with van der Waals surface area (Å²) in [7, 11) is 0. The molecule has 0 amide bonds. The Morgan fingerprint density at radius 1 is 1.26 bits per heavy atom. The van der Waals surface area contributed by atoms with Gasteiger partial charge in [-0.05, 0) is 37.5 Å². The van der Waals surface area contributed by atoms with E-state index in [0.717, 1.165) is 23.4 Å². The van der Waals surface area contributed by atoms with Crippen molar-refractivity contribution in [1.29, 1.82) is 0 Å². The summed E-state index contributed by atoms with van der Waals surface area (Å²) in [6.45, 7) is 2.06. The maximum atomic E-state index is 5.85. The minimum Gasteiger partial charge on any atom is -0.365 e. The van der Waals surface area contributed by atoms with Crippen LogP contribution < -0.4 is 0 Å². The van der Waals surface area contributed by atoms with Crippen LogP contribution in [0.2, 0.25) is 5.02 Å². The molecule has 100 valence electrons. The molecule has 5 heteroatoms. The summed E-state index contributed by atoms with van der Waals surface area (Å²) in [5.74, 6) is 1.27. The molecule has 0 radical (unpaired) electrons. The molecular formula is C14H15ClN2O2. The van der Waals surface area contributed by atoms with Crippen molar-refractivity contribution in [2.24, 2.45) is 0 Å². The lowest BCUT2D eigenvalue weighted by molar-refractivity contribution is 0.0355. The number of hydrogen-bond donors (Lipinski definition) is 0. The predicted octanol–water partition coefficient (Wildman–Crippen LogP) is 3.55. The number of ether oxygens (including phenoxy) is 1. The number of benzene rings is 1. The lowest BCUT2D eigenvalue weighted by atomic mass is 10.1. The summed E-state index contributed by atoms with van der Waals surface area (Å²) in [4.78, 5) is 4.41. The Morgan fingerprint density at radius 2 is 2.05 bits per heavy atom. The second kappa shape index (κ2) is 5.31. The van der Waals surface area contributed by atoms with Gasteiger partial charge in [-0.3, -0.25) is 0 Å². The van der Waals surface area contributed by atoms with Crippen molar-refractivity contribution in [3.63, 3.8) is 0 Å². The molecule has 1 aliphatic rings. The van der Waals surface area contributed by atoms with Gasteiger partial charge in [0.05, 0.1) is 6.10 Å². The second-order valence-corrected chi connectivity index (χ2v) is 5.30. The van der Waals surface area contributed by atoms with Gasteiger partial charge in [0.25, 0.3) is 5.89 Å². The van der Waals surface area contributed by atoms with Crippen molar-refractivity contribution in [1.82, 2.24) is 10.1 Å². The van der Waals surface area contributed by atoms with Crippen LogP contribution in [0.25, 0.3) is 0 Å². The van der Waals surface area contributed by atoms with Crippen LogP contribution in [0.4, 0.5) is 0 Å². The van der Waals surface area contributed by atoms with Crippen LogP contribution in [0.3, 0.4) is 0 Å². The molecule has 1 aromatic carbocycles. The Morgan fingerprint density at radius 3 is 2.74 bits per heavy atom. The third-order valence-electron chi connectivity index (χ3n) is 3.27. The highest BCUT2D eigenvalue weighted by atomic mass is 35.5. The maximum Gasteiger partial charge on any atom is 0.255 e. The standard InChI is InChI=1S/C14H15ClN2O2/c1-9-2-7-12(18-9)14-16-13(17-19-14)8-10-3-5-11(15)6-4-10/h3-6,9,12H,2,7-8H2,1H3/t9-,12+/m0/s1. The van der Waals surface area contributed by atoms with Crippen LogP contribution >= 0.6 is 11.6 Å². The molecule has 0 bridgehead atoms. The van der Waals surface area contributed by atoms with Crippen molar-refractivity contribution in [3.05, 3.63) is 46.6 Å². The molecule has 1 aliphatic heterocycles. The first kappa shape index (κ1) is 12.6. The molecule has 2 aromatic rings. The van der Waals surface area contributed by atoms with Crippen molar-refractivity contribution in [3.8, 4) is 0 Å². The summed E-state index contributed by atoms with van der Waals surface area (Å²) < 4.78 is 11.0. The molecule has 4 nitrogen and oxygen atoms in total. The van der Waals surface area contributed by atoms with Crippen LogP contribution in [-0.4, -0.2) is 16.2 Å². The third-order valence-corrected chi connectivity index (χ3v) is 3.52. The first-order valence-electron chi connectivity index (χ1n) is 6.43. The SMILES string of the molecule is C[C@H]1CC[C@H](c2nc(Cc3ccc(Cl)cc3)no2)O1. The Hall–Kier alpha value is -1.39. The zero-order chi connectivity index (χ0) is 13.2. The molecule has 0 unspecified atom stereocenters. The first-order valence-corrected chi connectivity index (χ1v) is 6.81. The monoisotopic (exact) mass is 278 g/mol. The van der Waals surface area contributed by atoms with E-state index in [4.69, 9.17) is 20.9 Å². The molecule has 2 atom stereocenters. The zero-order valence-corrected chi connectivity index (χ0v) is 11.4. The van der Waals surface area contributed by atoms with Gasteiger partial charge in [0.15, 0.2) is 5.82 Å². The van der Waals surface area contributed by atoms with Crippen molar-refractivity contribution < 1.29 is 9.26 Å². The van der Waals surface area contributed by atoms with E-state index in [1.165, 1.54) is 0 Å². The minimum atomic E-state index is -0.0403. The molecule has 3 rings (SSSR count). The normalized spacial score (nSPS) is 22.8. The Kier molecular flexibility index (Phi) is 3.53. The van der Waals surface area contributed by atoms with Crippen molar-refractivity contribution in [2.75, 3.05) is 0 Å². The Balaban J connectivity index is 1.69. The molecule has 0 saturated carbocycles. The molecule has 1 saturated heterocycles. The van der Waals surface area contributed by atoms with Gasteiger partial charge in [-0.25, -0.2) is 0 Å². The van der Waals surface area contributed by atoms with Gasteiger partial charge < -0.3 is 9.26 Å². The highest BCUT2D eigenvalue weighted by Crippen LogP contribution is 2.31. The van der Waals surface area contributed by atoms with E-state index in [9.17, 15) is 0 Å². The van der Waals surface area contributed by atoms with Crippen molar-refractivity contribution in [2.45, 2.75) is 38.4 Å². The number of halogens is 1. The van der Waals surface area contributed by atoms with Crippen molar-refractivity contribution >= 4 is 11.6 Å². The van der Waals surface area contributed by atoms with Gasteiger partial charge >= 0.3 is 0 Å². The summed E-state index contributed by atoms with van der Waals surface area (Å²) in [5.41, 5.74) is 1.11. The number of nitrogens with zero attached hydrogens (tertiary/aromatic N) is 2. The number of rotatable bonds is 3. The molecule has 2 heterocycles. The van der Waals surface area contributed by atoms with Crippen LogP contribution in [0, 0.1) is 0 Å². The molecule has 1 aromatic heterocycles. The highest BCUT2D eigenvalue weighted by Gasteiger charge is 2.28. The van der Waals surface area contributed by atoms with E-state index in [0.29, 0.717) is 18.1 Å². The number of hydrogen-bond acceptors (Lipinski definition) is 4. The summed E-state index contributed by atoms with van der Waals surface area (Å²) >= 11 is 5.85. The van der Waals surface area contributed by atoms with Crippen LogP contribution in [0.1, 0.15) is 43.1 Å². The van der Waals surface area contributed by atoms with Gasteiger partial charge in [0.2, 0.25) is 0 Å². The topological polar surface area (TPSA) is 48.2 Å². The Labute approximate surface area is 116 Å². The van der Waals surface area contributed by atoms with Crippen LogP contribution in [0.5, 0.6) is 0 Å². The maximum absolute atomic E-state index is 5.85. The van der Waals surface area contributed by atoms with E-state index in [-0.39, 0.29) is 12.2 Å². The summed E-state index contributed by atoms with van der Waals surface area (Å²) in [6.07, 6.45) is 2.87. The van der Waals surface area contributed by atoms with Gasteiger partial charge in [0, 0.05) is 11.4 Å². The predicted molar refractivity (Wildman–Crippen MR) is 71.1 cm³/mol. The fourth-order valence-corrected chi connectivity index (χ4v) is 2.37. The smallest absolute Gasteiger partial charge is 0.255 e. The van der Waals surface area contributed by atoms with E-state index < -0.39 is 0 Å². The first-order chi connectivity index (χ1) is 9.20. The Bertz CT molecular complexity index is 553. The fourth-order valence-electron chi connectivity index (χ4n) is 2.24. The fraction of sp³-hybridized carbons (Fsp3) is 0.429. The molecule has 0 aliphatic carbocycles. The van der Waals surface area contributed by atoms with E-state index in [1.807, 2.05) is 24.3 Å². The quantitative estimate of drug-likeness (QED) is 0.861. The van der Waals surface area contributed by atoms with E-state index >= 15 is 0 Å². The molecule has 0 spiro atoms.